The van der Waals surface area contributed by atoms with Crippen LogP contribution >= 0.6 is 15.9 Å². The fourth-order valence-electron chi connectivity index (χ4n) is 3.30. The van der Waals surface area contributed by atoms with E-state index in [4.69, 9.17) is 0 Å². The maximum Gasteiger partial charge on any atom is 0.0298 e. The molecule has 0 amide bonds. The van der Waals surface area contributed by atoms with Crippen LogP contribution in [-0.2, 0) is 0 Å². The maximum absolute atomic E-state index is 3.82. The van der Waals surface area contributed by atoms with Crippen molar-refractivity contribution in [2.45, 2.75) is 43.4 Å². The summed E-state index contributed by atoms with van der Waals surface area (Å²) < 4.78 is 0.556. The van der Waals surface area contributed by atoms with Gasteiger partial charge in [0.1, 0.15) is 0 Å². The maximum atomic E-state index is 3.82. The van der Waals surface area contributed by atoms with E-state index in [1.54, 1.807) is 6.42 Å². The van der Waals surface area contributed by atoms with Gasteiger partial charge in [0.05, 0.1) is 0 Å². The van der Waals surface area contributed by atoms with Crippen molar-refractivity contribution in [1.82, 2.24) is 0 Å². The third kappa shape index (κ3) is 0.399. The molecule has 0 radical (unpaired) electrons. The molecule has 0 aromatic rings. The van der Waals surface area contributed by atoms with E-state index < -0.39 is 0 Å². The summed E-state index contributed by atoms with van der Waals surface area (Å²) >= 11 is 3.82. The van der Waals surface area contributed by atoms with Crippen molar-refractivity contribution in [3.05, 3.63) is 0 Å². The Balaban J connectivity index is 1.90. The zero-order chi connectivity index (χ0) is 7.04. The third-order valence-corrected chi connectivity index (χ3v) is 5.39. The second-order valence-electron chi connectivity index (χ2n) is 4.77. The van der Waals surface area contributed by atoms with Crippen LogP contribution < -0.4 is 0 Å². The normalized spacial score (nSPS) is 60.6. The molecule has 0 saturated heterocycles. The standard InChI is InChI=1S/C9H13Br/c1-7(10)5-9(7)6-8(9)3-2-4-8/h2-6H2,1H3. The van der Waals surface area contributed by atoms with E-state index in [9.17, 15) is 0 Å². The Labute approximate surface area is 70.5 Å². The Morgan fingerprint density at radius 3 is 1.90 bits per heavy atom. The van der Waals surface area contributed by atoms with Crippen LogP contribution in [0.1, 0.15) is 39.0 Å². The Hall–Kier alpha value is 0.480. The van der Waals surface area contributed by atoms with Crippen LogP contribution in [0.25, 0.3) is 0 Å². The summed E-state index contributed by atoms with van der Waals surface area (Å²) in [7, 11) is 0. The van der Waals surface area contributed by atoms with Gasteiger partial charge in [0, 0.05) is 4.32 Å². The van der Waals surface area contributed by atoms with Crippen molar-refractivity contribution in [2.24, 2.45) is 10.8 Å². The fraction of sp³-hybridized carbons (Fsp3) is 1.00. The molecule has 0 aliphatic heterocycles. The Morgan fingerprint density at radius 2 is 1.80 bits per heavy atom. The first-order valence-corrected chi connectivity index (χ1v) is 5.10. The van der Waals surface area contributed by atoms with Gasteiger partial charge in [-0.2, -0.15) is 0 Å². The number of fused-ring (bicyclic) bond motifs is 1. The zero-order valence-corrected chi connectivity index (χ0v) is 8.00. The molecule has 10 heavy (non-hydrogen) atoms. The van der Waals surface area contributed by atoms with E-state index in [0.29, 0.717) is 4.32 Å². The number of alkyl halides is 1. The molecule has 0 nitrogen and oxygen atoms in total. The second kappa shape index (κ2) is 1.24. The highest BCUT2D eigenvalue weighted by molar-refractivity contribution is 9.10. The lowest BCUT2D eigenvalue weighted by atomic mass is 9.78. The number of halogens is 1. The van der Waals surface area contributed by atoms with Gasteiger partial charge in [0.15, 0.2) is 0 Å². The van der Waals surface area contributed by atoms with Crippen molar-refractivity contribution in [1.29, 1.82) is 0 Å². The van der Waals surface area contributed by atoms with Crippen molar-refractivity contribution >= 4 is 15.9 Å². The highest BCUT2D eigenvalue weighted by Crippen LogP contribution is 2.91. The number of rotatable bonds is 0. The molecule has 56 valence electrons. The van der Waals surface area contributed by atoms with Gasteiger partial charge in [-0.25, -0.2) is 0 Å². The van der Waals surface area contributed by atoms with Gasteiger partial charge in [-0.05, 0) is 43.4 Å². The minimum Gasteiger partial charge on any atom is -0.0850 e. The van der Waals surface area contributed by atoms with Crippen LogP contribution in [0.2, 0.25) is 0 Å². The quantitative estimate of drug-likeness (QED) is 0.528. The van der Waals surface area contributed by atoms with Gasteiger partial charge >= 0.3 is 0 Å². The van der Waals surface area contributed by atoms with E-state index in [0.717, 1.165) is 10.8 Å². The first-order valence-electron chi connectivity index (χ1n) is 4.31. The molecular weight excluding hydrogens is 188 g/mol. The molecule has 0 bridgehead atoms. The molecule has 2 unspecified atom stereocenters. The number of hydrogen-bond donors (Lipinski definition) is 0. The minimum absolute atomic E-state index is 0.556. The zero-order valence-electron chi connectivity index (χ0n) is 6.41. The van der Waals surface area contributed by atoms with Crippen LogP contribution in [0.3, 0.4) is 0 Å². The van der Waals surface area contributed by atoms with Crippen molar-refractivity contribution in [3.63, 3.8) is 0 Å². The molecule has 3 aliphatic rings. The van der Waals surface area contributed by atoms with Crippen LogP contribution in [0.15, 0.2) is 0 Å². The first kappa shape index (κ1) is 6.05. The predicted molar refractivity (Wildman–Crippen MR) is 45.3 cm³/mol. The second-order valence-corrected chi connectivity index (χ2v) is 6.52. The molecule has 3 rings (SSSR count). The minimum atomic E-state index is 0.556. The van der Waals surface area contributed by atoms with Crippen LogP contribution in [0.4, 0.5) is 0 Å². The van der Waals surface area contributed by atoms with Gasteiger partial charge < -0.3 is 0 Å². The van der Waals surface area contributed by atoms with Gasteiger partial charge in [-0.3, -0.25) is 0 Å². The molecule has 2 spiro atoms. The monoisotopic (exact) mass is 200 g/mol. The molecule has 0 N–H and O–H groups in total. The molecular formula is C9H13Br. The lowest BCUT2D eigenvalue weighted by Crippen LogP contribution is -2.17. The van der Waals surface area contributed by atoms with Crippen LogP contribution in [0, 0.1) is 10.8 Å². The summed E-state index contributed by atoms with van der Waals surface area (Å²) in [5, 5.41) is 0. The fourth-order valence-corrected chi connectivity index (χ4v) is 4.34. The topological polar surface area (TPSA) is 0 Å². The third-order valence-electron chi connectivity index (χ3n) is 4.35. The number of hydrogen-bond acceptors (Lipinski definition) is 0. The largest absolute Gasteiger partial charge is 0.0850 e. The average molecular weight is 201 g/mol. The predicted octanol–water partition coefficient (Wildman–Crippen LogP) is 3.10. The molecule has 1 heteroatoms. The van der Waals surface area contributed by atoms with Crippen molar-refractivity contribution < 1.29 is 0 Å². The van der Waals surface area contributed by atoms with Gasteiger partial charge in [-0.1, -0.05) is 22.4 Å². The van der Waals surface area contributed by atoms with E-state index in [-0.39, 0.29) is 0 Å². The Bertz CT molecular complexity index is 203. The molecule has 3 aliphatic carbocycles. The summed E-state index contributed by atoms with van der Waals surface area (Å²) in [5.74, 6) is 0. The summed E-state index contributed by atoms with van der Waals surface area (Å²) in [6.07, 6.45) is 7.58. The molecule has 2 atom stereocenters. The average Bonchev–Trinajstić information content (AvgIpc) is 2.47. The molecule has 3 fully saturated rings. The van der Waals surface area contributed by atoms with Gasteiger partial charge in [0.2, 0.25) is 0 Å². The Morgan fingerprint density at radius 1 is 1.20 bits per heavy atom. The molecule has 0 heterocycles. The van der Waals surface area contributed by atoms with Crippen molar-refractivity contribution in [3.8, 4) is 0 Å². The highest BCUT2D eigenvalue weighted by Gasteiger charge is 2.85. The summed E-state index contributed by atoms with van der Waals surface area (Å²) in [5.41, 5.74) is 1.67. The molecule has 3 saturated carbocycles. The molecule has 0 aromatic carbocycles. The van der Waals surface area contributed by atoms with E-state index >= 15 is 0 Å². The highest BCUT2D eigenvalue weighted by atomic mass is 79.9. The van der Waals surface area contributed by atoms with Gasteiger partial charge in [-0.15, -0.1) is 0 Å². The first-order chi connectivity index (χ1) is 4.62. The summed E-state index contributed by atoms with van der Waals surface area (Å²) in [4.78, 5) is 0. The Kier molecular flexibility index (Phi) is 0.748. The van der Waals surface area contributed by atoms with Gasteiger partial charge in [0.25, 0.3) is 0 Å². The van der Waals surface area contributed by atoms with Crippen LogP contribution in [-0.4, -0.2) is 4.32 Å². The van der Waals surface area contributed by atoms with E-state index in [2.05, 4.69) is 22.9 Å². The summed E-state index contributed by atoms with van der Waals surface area (Å²) in [6.45, 7) is 2.38. The SMILES string of the molecule is CC1(Br)CC12CC21CCC1. The smallest absolute Gasteiger partial charge is 0.0298 e. The molecule has 0 aromatic heterocycles. The van der Waals surface area contributed by atoms with Crippen molar-refractivity contribution in [2.75, 3.05) is 0 Å². The lowest BCUT2D eigenvalue weighted by molar-refractivity contribution is 0.248. The van der Waals surface area contributed by atoms with Crippen LogP contribution in [0.5, 0.6) is 0 Å². The summed E-state index contributed by atoms with van der Waals surface area (Å²) in [6, 6.07) is 0. The van der Waals surface area contributed by atoms with E-state index in [1.165, 1.54) is 25.7 Å². The lowest BCUT2D eigenvalue weighted by Gasteiger charge is -2.27. The van der Waals surface area contributed by atoms with E-state index in [1.807, 2.05) is 0 Å².